The topological polar surface area (TPSA) is 113 Å². The number of hydrogen-bond acceptors (Lipinski definition) is 7. The molecule has 0 atom stereocenters. The number of aromatic nitrogens is 4. The normalized spacial score (nSPS) is 10.5. The van der Waals surface area contributed by atoms with Gasteiger partial charge in [-0.1, -0.05) is 0 Å². The Balaban J connectivity index is 2.06. The van der Waals surface area contributed by atoms with Crippen LogP contribution in [0.15, 0.2) is 36.9 Å². The van der Waals surface area contributed by atoms with Crippen LogP contribution in [-0.4, -0.2) is 40.1 Å². The molecule has 0 saturated carbocycles. The SMILES string of the molecule is COc1ncc(Cc2ncc(C(N)=O)cc2-c2cncc(C)c2)nc1OC. The van der Waals surface area contributed by atoms with Gasteiger partial charge < -0.3 is 15.2 Å². The van der Waals surface area contributed by atoms with E-state index >= 15 is 0 Å². The van der Waals surface area contributed by atoms with Crippen molar-refractivity contribution >= 4 is 5.91 Å². The van der Waals surface area contributed by atoms with Gasteiger partial charge in [-0.25, -0.2) is 9.97 Å². The summed E-state index contributed by atoms with van der Waals surface area (Å²) in [5.74, 6) is 0.0609. The number of primary amides is 1. The highest BCUT2D eigenvalue weighted by atomic mass is 16.5. The second-order valence-corrected chi connectivity index (χ2v) is 5.89. The van der Waals surface area contributed by atoms with E-state index in [1.165, 1.54) is 20.4 Å². The summed E-state index contributed by atoms with van der Waals surface area (Å²) in [4.78, 5) is 28.9. The fraction of sp³-hybridized carbons (Fsp3) is 0.211. The summed E-state index contributed by atoms with van der Waals surface area (Å²) in [6.45, 7) is 1.95. The van der Waals surface area contributed by atoms with Crippen LogP contribution in [0, 0.1) is 6.92 Å². The van der Waals surface area contributed by atoms with E-state index in [0.29, 0.717) is 35.1 Å². The number of nitrogens with two attached hydrogens (primary N) is 1. The summed E-state index contributed by atoms with van der Waals surface area (Å²) in [5.41, 5.74) is 9.71. The molecule has 0 saturated heterocycles. The second-order valence-electron chi connectivity index (χ2n) is 5.89. The van der Waals surface area contributed by atoms with Gasteiger partial charge >= 0.3 is 0 Å². The number of nitrogens with zero attached hydrogens (tertiary/aromatic N) is 4. The molecule has 0 radical (unpaired) electrons. The minimum Gasteiger partial charge on any atom is -0.477 e. The molecule has 0 fully saturated rings. The van der Waals surface area contributed by atoms with Crippen LogP contribution in [0.4, 0.5) is 0 Å². The molecule has 1 amide bonds. The predicted molar refractivity (Wildman–Crippen MR) is 98.7 cm³/mol. The van der Waals surface area contributed by atoms with Crippen molar-refractivity contribution in [2.75, 3.05) is 14.2 Å². The lowest BCUT2D eigenvalue weighted by atomic mass is 10.00. The Hall–Kier alpha value is -3.55. The number of carbonyl (C=O) groups excluding carboxylic acids is 1. The molecule has 0 unspecified atom stereocenters. The Morgan fingerprint density at radius 2 is 1.81 bits per heavy atom. The lowest BCUT2D eigenvalue weighted by Crippen LogP contribution is -2.12. The quantitative estimate of drug-likeness (QED) is 0.710. The summed E-state index contributed by atoms with van der Waals surface area (Å²) in [6, 6.07) is 3.69. The first-order chi connectivity index (χ1) is 13.0. The Kier molecular flexibility index (Phi) is 5.25. The van der Waals surface area contributed by atoms with Gasteiger partial charge in [-0.15, -0.1) is 0 Å². The third-order valence-corrected chi connectivity index (χ3v) is 3.93. The summed E-state index contributed by atoms with van der Waals surface area (Å²) < 4.78 is 10.3. The highest BCUT2D eigenvalue weighted by Gasteiger charge is 2.15. The lowest BCUT2D eigenvalue weighted by molar-refractivity contribution is 0.1000. The van der Waals surface area contributed by atoms with Crippen molar-refractivity contribution in [2.45, 2.75) is 13.3 Å². The van der Waals surface area contributed by atoms with Crippen LogP contribution < -0.4 is 15.2 Å². The summed E-state index contributed by atoms with van der Waals surface area (Å²) >= 11 is 0. The van der Waals surface area contributed by atoms with Crippen LogP contribution in [0.2, 0.25) is 0 Å². The molecule has 3 aromatic heterocycles. The van der Waals surface area contributed by atoms with Crippen LogP contribution in [0.3, 0.4) is 0 Å². The van der Waals surface area contributed by atoms with E-state index < -0.39 is 5.91 Å². The molecule has 0 aliphatic heterocycles. The van der Waals surface area contributed by atoms with E-state index in [0.717, 1.165) is 16.7 Å². The van der Waals surface area contributed by atoms with Crippen LogP contribution >= 0.6 is 0 Å². The maximum atomic E-state index is 11.6. The first kappa shape index (κ1) is 18.2. The molecule has 0 bridgehead atoms. The fourth-order valence-corrected chi connectivity index (χ4v) is 2.65. The van der Waals surface area contributed by atoms with Crippen molar-refractivity contribution in [1.29, 1.82) is 0 Å². The molecular weight excluding hydrogens is 346 g/mol. The largest absolute Gasteiger partial charge is 0.477 e. The summed E-state index contributed by atoms with van der Waals surface area (Å²) in [6.07, 6.45) is 6.92. The number of rotatable bonds is 6. The van der Waals surface area contributed by atoms with Crippen molar-refractivity contribution in [1.82, 2.24) is 19.9 Å². The van der Waals surface area contributed by atoms with Gasteiger partial charge in [0, 0.05) is 36.1 Å². The van der Waals surface area contributed by atoms with E-state index in [9.17, 15) is 4.79 Å². The Morgan fingerprint density at radius 1 is 1.04 bits per heavy atom. The number of pyridine rings is 2. The standard InChI is InChI=1S/C19H19N5O3/c1-11-4-12(8-21-7-11)15-5-13(17(20)25)9-22-16(15)6-14-10-23-18(26-2)19(24-14)27-3/h4-5,7-10H,6H2,1-3H3,(H2,20,25). The van der Waals surface area contributed by atoms with Gasteiger partial charge in [0.25, 0.3) is 11.8 Å². The van der Waals surface area contributed by atoms with E-state index in [1.54, 1.807) is 24.7 Å². The molecule has 8 heteroatoms. The van der Waals surface area contributed by atoms with Crippen molar-refractivity contribution in [3.8, 4) is 22.9 Å². The third kappa shape index (κ3) is 4.00. The molecule has 0 spiro atoms. The van der Waals surface area contributed by atoms with Gasteiger partial charge in [-0.2, -0.15) is 0 Å². The van der Waals surface area contributed by atoms with E-state index in [2.05, 4.69) is 19.9 Å². The smallest absolute Gasteiger partial charge is 0.278 e. The molecule has 0 aromatic carbocycles. The zero-order valence-corrected chi connectivity index (χ0v) is 15.3. The minimum absolute atomic E-state index is 0.294. The average Bonchev–Trinajstić information content (AvgIpc) is 2.68. The third-order valence-electron chi connectivity index (χ3n) is 3.93. The Morgan fingerprint density at radius 3 is 2.48 bits per heavy atom. The van der Waals surface area contributed by atoms with Crippen LogP contribution in [0.5, 0.6) is 11.8 Å². The highest BCUT2D eigenvalue weighted by molar-refractivity contribution is 5.94. The Labute approximate surface area is 156 Å². The van der Waals surface area contributed by atoms with E-state index in [-0.39, 0.29) is 0 Å². The van der Waals surface area contributed by atoms with E-state index in [1.807, 2.05) is 13.0 Å². The minimum atomic E-state index is -0.540. The van der Waals surface area contributed by atoms with Gasteiger partial charge in [-0.05, 0) is 24.6 Å². The molecule has 0 aliphatic rings. The maximum Gasteiger partial charge on any atom is 0.278 e. The molecular formula is C19H19N5O3. The zero-order valence-electron chi connectivity index (χ0n) is 15.3. The van der Waals surface area contributed by atoms with Crippen molar-refractivity contribution < 1.29 is 14.3 Å². The molecule has 3 aromatic rings. The van der Waals surface area contributed by atoms with Crippen molar-refractivity contribution in [3.05, 3.63) is 59.4 Å². The lowest BCUT2D eigenvalue weighted by Gasteiger charge is -2.11. The van der Waals surface area contributed by atoms with Crippen LogP contribution in [-0.2, 0) is 6.42 Å². The summed E-state index contributed by atoms with van der Waals surface area (Å²) in [7, 11) is 3.00. The molecule has 3 heterocycles. The van der Waals surface area contributed by atoms with Crippen LogP contribution in [0.1, 0.15) is 27.3 Å². The van der Waals surface area contributed by atoms with Gasteiger partial charge in [0.1, 0.15) is 0 Å². The monoisotopic (exact) mass is 365 g/mol. The maximum absolute atomic E-state index is 11.6. The zero-order chi connectivity index (χ0) is 19.4. The Bertz CT molecular complexity index is 991. The predicted octanol–water partition coefficient (Wildman–Crippen LogP) is 1.95. The molecule has 0 aliphatic carbocycles. The van der Waals surface area contributed by atoms with Crippen molar-refractivity contribution in [3.63, 3.8) is 0 Å². The van der Waals surface area contributed by atoms with Gasteiger partial charge in [-0.3, -0.25) is 14.8 Å². The van der Waals surface area contributed by atoms with E-state index in [4.69, 9.17) is 15.2 Å². The highest BCUT2D eigenvalue weighted by Crippen LogP contribution is 2.27. The number of carbonyl (C=O) groups is 1. The van der Waals surface area contributed by atoms with Gasteiger partial charge in [0.05, 0.1) is 37.4 Å². The van der Waals surface area contributed by atoms with Gasteiger partial charge in [0.15, 0.2) is 0 Å². The second kappa shape index (κ2) is 7.77. The molecule has 3 rings (SSSR count). The van der Waals surface area contributed by atoms with Crippen LogP contribution in [0.25, 0.3) is 11.1 Å². The number of amides is 1. The van der Waals surface area contributed by atoms with Crippen molar-refractivity contribution in [2.24, 2.45) is 5.73 Å². The molecule has 2 N–H and O–H groups in total. The number of aryl methyl sites for hydroxylation is 1. The number of ether oxygens (including phenoxy) is 2. The van der Waals surface area contributed by atoms with Gasteiger partial charge in [0.2, 0.25) is 5.91 Å². The molecule has 138 valence electrons. The molecule has 8 nitrogen and oxygen atoms in total. The fourth-order valence-electron chi connectivity index (χ4n) is 2.65. The number of methoxy groups -OCH3 is 2. The first-order valence-corrected chi connectivity index (χ1v) is 8.16. The molecule has 27 heavy (non-hydrogen) atoms. The first-order valence-electron chi connectivity index (χ1n) is 8.16. The summed E-state index contributed by atoms with van der Waals surface area (Å²) in [5, 5.41) is 0. The number of hydrogen-bond donors (Lipinski definition) is 1. The average molecular weight is 365 g/mol.